The Balaban J connectivity index is 2.53. The number of hydrogen-bond acceptors (Lipinski definition) is 2. The van der Waals surface area contributed by atoms with Crippen molar-refractivity contribution < 1.29 is 9.53 Å². The molecule has 0 aliphatic heterocycles. The third-order valence-electron chi connectivity index (χ3n) is 1.90. The molecule has 0 unspecified atom stereocenters. The number of benzene rings is 1. The standard InChI is InChI=1S/C12H15NO2/c1-3-15-9-8-13-12(14)11-6-4-10(2)5-7-11/h4-8H,3,9H2,1-2H3. The van der Waals surface area contributed by atoms with Gasteiger partial charge in [0, 0.05) is 18.4 Å². The summed E-state index contributed by atoms with van der Waals surface area (Å²) < 4.78 is 5.04. The molecule has 3 heteroatoms. The maximum atomic E-state index is 11.5. The Hall–Kier alpha value is -1.48. The van der Waals surface area contributed by atoms with Gasteiger partial charge in [-0.25, -0.2) is 4.99 Å². The van der Waals surface area contributed by atoms with Crippen molar-refractivity contribution in [3.05, 3.63) is 35.4 Å². The highest BCUT2D eigenvalue weighted by molar-refractivity contribution is 5.99. The second-order valence-corrected chi connectivity index (χ2v) is 3.14. The summed E-state index contributed by atoms with van der Waals surface area (Å²) in [5.41, 5.74) is 1.73. The van der Waals surface area contributed by atoms with Gasteiger partial charge in [0.1, 0.15) is 0 Å². The summed E-state index contributed by atoms with van der Waals surface area (Å²) in [7, 11) is 0. The minimum absolute atomic E-state index is 0.227. The van der Waals surface area contributed by atoms with Crippen LogP contribution in [0, 0.1) is 6.92 Å². The summed E-state index contributed by atoms with van der Waals surface area (Å²) in [4.78, 5) is 15.2. The number of rotatable bonds is 4. The Bertz CT molecular complexity index is 341. The molecule has 1 amide bonds. The van der Waals surface area contributed by atoms with Crippen LogP contribution in [0.15, 0.2) is 29.3 Å². The molecule has 3 nitrogen and oxygen atoms in total. The van der Waals surface area contributed by atoms with E-state index in [9.17, 15) is 4.79 Å². The smallest absolute Gasteiger partial charge is 0.276 e. The molecule has 0 saturated carbocycles. The highest BCUT2D eigenvalue weighted by Crippen LogP contribution is 2.04. The lowest BCUT2D eigenvalue weighted by Crippen LogP contribution is -1.99. The molecule has 1 aromatic carbocycles. The van der Waals surface area contributed by atoms with E-state index in [-0.39, 0.29) is 5.91 Å². The zero-order valence-corrected chi connectivity index (χ0v) is 9.06. The van der Waals surface area contributed by atoms with Gasteiger partial charge in [0.05, 0.1) is 6.61 Å². The number of carbonyl (C=O) groups is 1. The number of carbonyl (C=O) groups excluding carboxylic acids is 1. The van der Waals surface area contributed by atoms with Gasteiger partial charge < -0.3 is 4.74 Å². The number of nitrogens with zero attached hydrogens (tertiary/aromatic N) is 1. The van der Waals surface area contributed by atoms with E-state index in [4.69, 9.17) is 4.74 Å². The SMILES string of the molecule is CCOCC=NC(=O)c1ccc(C)cc1. The molecular formula is C12H15NO2. The van der Waals surface area contributed by atoms with Gasteiger partial charge in [-0.3, -0.25) is 4.79 Å². The lowest BCUT2D eigenvalue weighted by atomic mass is 10.1. The molecule has 0 aromatic heterocycles. The van der Waals surface area contributed by atoms with Crippen LogP contribution in [-0.2, 0) is 4.74 Å². The van der Waals surface area contributed by atoms with Gasteiger partial charge in [-0.15, -0.1) is 0 Å². The number of amides is 1. The number of hydrogen-bond donors (Lipinski definition) is 0. The Morgan fingerprint density at radius 3 is 2.67 bits per heavy atom. The third-order valence-corrected chi connectivity index (χ3v) is 1.90. The van der Waals surface area contributed by atoms with E-state index < -0.39 is 0 Å². The van der Waals surface area contributed by atoms with Crippen LogP contribution < -0.4 is 0 Å². The first-order chi connectivity index (χ1) is 7.24. The van der Waals surface area contributed by atoms with Crippen LogP contribution in [0.4, 0.5) is 0 Å². The van der Waals surface area contributed by atoms with Crippen LogP contribution in [0.3, 0.4) is 0 Å². The fourth-order valence-corrected chi connectivity index (χ4v) is 1.06. The Labute approximate surface area is 89.8 Å². The van der Waals surface area contributed by atoms with Crippen molar-refractivity contribution in [3.8, 4) is 0 Å². The molecule has 0 N–H and O–H groups in total. The fraction of sp³-hybridized carbons (Fsp3) is 0.333. The highest BCUT2D eigenvalue weighted by atomic mass is 16.5. The maximum Gasteiger partial charge on any atom is 0.276 e. The van der Waals surface area contributed by atoms with Crippen molar-refractivity contribution in [3.63, 3.8) is 0 Å². The monoisotopic (exact) mass is 205 g/mol. The topological polar surface area (TPSA) is 38.7 Å². The minimum atomic E-state index is -0.227. The van der Waals surface area contributed by atoms with Crippen LogP contribution in [0.5, 0.6) is 0 Å². The van der Waals surface area contributed by atoms with E-state index >= 15 is 0 Å². The van der Waals surface area contributed by atoms with E-state index in [1.54, 1.807) is 12.1 Å². The average Bonchev–Trinajstić information content (AvgIpc) is 2.25. The molecule has 0 atom stereocenters. The average molecular weight is 205 g/mol. The van der Waals surface area contributed by atoms with Gasteiger partial charge in [0.25, 0.3) is 5.91 Å². The Morgan fingerprint density at radius 2 is 2.07 bits per heavy atom. The van der Waals surface area contributed by atoms with Crippen molar-refractivity contribution in [2.75, 3.05) is 13.2 Å². The van der Waals surface area contributed by atoms with Crippen molar-refractivity contribution in [2.45, 2.75) is 13.8 Å². The summed E-state index contributed by atoms with van der Waals surface area (Å²) in [5.74, 6) is -0.227. The van der Waals surface area contributed by atoms with Gasteiger partial charge in [-0.05, 0) is 26.0 Å². The van der Waals surface area contributed by atoms with E-state index in [0.717, 1.165) is 5.56 Å². The second kappa shape index (κ2) is 6.09. The number of aryl methyl sites for hydroxylation is 1. The quantitative estimate of drug-likeness (QED) is 0.558. The molecule has 0 fully saturated rings. The van der Waals surface area contributed by atoms with Crippen LogP contribution >= 0.6 is 0 Å². The molecule has 0 aliphatic carbocycles. The fourth-order valence-electron chi connectivity index (χ4n) is 1.06. The van der Waals surface area contributed by atoms with Gasteiger partial charge in [-0.1, -0.05) is 17.7 Å². The normalized spacial score (nSPS) is 10.8. The van der Waals surface area contributed by atoms with Crippen molar-refractivity contribution >= 4 is 12.1 Å². The maximum absolute atomic E-state index is 11.5. The Kier molecular flexibility index (Phi) is 4.71. The van der Waals surface area contributed by atoms with Gasteiger partial charge in [-0.2, -0.15) is 0 Å². The third kappa shape index (κ3) is 4.04. The van der Waals surface area contributed by atoms with Crippen molar-refractivity contribution in [1.29, 1.82) is 0 Å². The molecular weight excluding hydrogens is 190 g/mol. The van der Waals surface area contributed by atoms with Crippen molar-refractivity contribution in [1.82, 2.24) is 0 Å². The molecule has 15 heavy (non-hydrogen) atoms. The lowest BCUT2D eigenvalue weighted by molar-refractivity contribution is 0.100. The molecule has 80 valence electrons. The van der Waals surface area contributed by atoms with Gasteiger partial charge >= 0.3 is 0 Å². The zero-order valence-electron chi connectivity index (χ0n) is 9.06. The summed E-state index contributed by atoms with van der Waals surface area (Å²) >= 11 is 0. The number of aliphatic imine (C=N–C) groups is 1. The summed E-state index contributed by atoms with van der Waals surface area (Å²) in [6.45, 7) is 4.89. The first kappa shape index (κ1) is 11.6. The van der Waals surface area contributed by atoms with Crippen LogP contribution in [-0.4, -0.2) is 25.3 Å². The molecule has 0 radical (unpaired) electrons. The molecule has 0 heterocycles. The molecule has 0 saturated heterocycles. The van der Waals surface area contributed by atoms with Crippen molar-refractivity contribution in [2.24, 2.45) is 4.99 Å². The summed E-state index contributed by atoms with van der Waals surface area (Å²) in [6, 6.07) is 7.34. The first-order valence-electron chi connectivity index (χ1n) is 4.95. The zero-order chi connectivity index (χ0) is 11.1. The van der Waals surface area contributed by atoms with E-state index in [2.05, 4.69) is 4.99 Å². The summed E-state index contributed by atoms with van der Waals surface area (Å²) in [6.07, 6.45) is 1.49. The van der Waals surface area contributed by atoms with E-state index in [1.165, 1.54) is 6.21 Å². The molecule has 0 spiro atoms. The highest BCUT2D eigenvalue weighted by Gasteiger charge is 2.00. The molecule has 0 bridgehead atoms. The first-order valence-corrected chi connectivity index (χ1v) is 4.95. The van der Waals surface area contributed by atoms with Crippen LogP contribution in [0.2, 0.25) is 0 Å². The second-order valence-electron chi connectivity index (χ2n) is 3.14. The predicted octanol–water partition coefficient (Wildman–Crippen LogP) is 2.24. The molecule has 1 rings (SSSR count). The predicted molar refractivity (Wildman–Crippen MR) is 60.5 cm³/mol. The van der Waals surface area contributed by atoms with Crippen LogP contribution in [0.25, 0.3) is 0 Å². The minimum Gasteiger partial charge on any atom is -0.376 e. The summed E-state index contributed by atoms with van der Waals surface area (Å²) in [5, 5.41) is 0. The van der Waals surface area contributed by atoms with E-state index in [1.807, 2.05) is 26.0 Å². The van der Waals surface area contributed by atoms with Gasteiger partial charge in [0.2, 0.25) is 0 Å². The Morgan fingerprint density at radius 1 is 1.40 bits per heavy atom. The lowest BCUT2D eigenvalue weighted by Gasteiger charge is -1.96. The largest absolute Gasteiger partial charge is 0.376 e. The van der Waals surface area contributed by atoms with Gasteiger partial charge in [0.15, 0.2) is 0 Å². The molecule has 1 aromatic rings. The van der Waals surface area contributed by atoms with E-state index in [0.29, 0.717) is 18.8 Å². The van der Waals surface area contributed by atoms with Crippen LogP contribution in [0.1, 0.15) is 22.8 Å². The molecule has 0 aliphatic rings. The number of ether oxygens (including phenoxy) is 1.